The zero-order valence-electron chi connectivity index (χ0n) is 9.79. The molecule has 1 heterocycles. The fraction of sp³-hybridized carbons (Fsp3) is 0.769. The lowest BCUT2D eigenvalue weighted by atomic mass is 9.87. The number of halogens is 1. The van der Waals surface area contributed by atoms with Gasteiger partial charge in [0.2, 0.25) is 0 Å². The smallest absolute Gasteiger partial charge is 0.107 e. The first kappa shape index (κ1) is 12.0. The lowest BCUT2D eigenvalue weighted by Gasteiger charge is -2.23. The summed E-state index contributed by atoms with van der Waals surface area (Å²) in [6, 6.07) is 0. The summed E-state index contributed by atoms with van der Waals surface area (Å²) < 4.78 is 0. The standard InChI is InChI=1S/C13H21ClN2/c14-12(10-13-15-8-9-16-13)11-6-4-2-1-3-5-7-11/h8-9,11-12H,1-7,10H2,(H,15,16). The normalized spacial score (nSPS) is 21.3. The van der Waals surface area contributed by atoms with Crippen LogP contribution in [-0.2, 0) is 6.42 Å². The van der Waals surface area contributed by atoms with Crippen molar-refractivity contribution < 1.29 is 0 Å². The van der Waals surface area contributed by atoms with Crippen LogP contribution in [-0.4, -0.2) is 15.3 Å². The number of aromatic amines is 1. The predicted molar refractivity (Wildman–Crippen MR) is 67.7 cm³/mol. The molecule has 0 spiro atoms. The van der Waals surface area contributed by atoms with Gasteiger partial charge >= 0.3 is 0 Å². The second-order valence-corrected chi connectivity index (χ2v) is 5.42. The first-order valence-corrected chi connectivity index (χ1v) is 6.92. The van der Waals surface area contributed by atoms with Gasteiger partial charge in [0, 0.05) is 24.2 Å². The molecule has 1 fully saturated rings. The maximum absolute atomic E-state index is 6.52. The Morgan fingerprint density at radius 1 is 1.25 bits per heavy atom. The first-order chi connectivity index (χ1) is 7.86. The van der Waals surface area contributed by atoms with Crippen LogP contribution >= 0.6 is 11.6 Å². The second-order valence-electron chi connectivity index (χ2n) is 4.86. The van der Waals surface area contributed by atoms with E-state index in [1.807, 2.05) is 6.20 Å². The van der Waals surface area contributed by atoms with Gasteiger partial charge in [-0.1, -0.05) is 32.1 Å². The highest BCUT2D eigenvalue weighted by Gasteiger charge is 2.21. The molecular weight excluding hydrogens is 220 g/mol. The molecule has 16 heavy (non-hydrogen) atoms. The molecule has 2 nitrogen and oxygen atoms in total. The molecule has 1 aliphatic rings. The highest BCUT2D eigenvalue weighted by Crippen LogP contribution is 2.28. The van der Waals surface area contributed by atoms with Crippen molar-refractivity contribution in [2.45, 2.75) is 56.7 Å². The fourth-order valence-electron chi connectivity index (χ4n) is 2.61. The number of rotatable bonds is 3. The van der Waals surface area contributed by atoms with Crippen LogP contribution in [0.25, 0.3) is 0 Å². The molecule has 0 saturated heterocycles. The number of aromatic nitrogens is 2. The number of imidazole rings is 1. The van der Waals surface area contributed by atoms with Gasteiger partial charge in [-0.2, -0.15) is 0 Å². The van der Waals surface area contributed by atoms with Crippen LogP contribution in [0.4, 0.5) is 0 Å². The van der Waals surface area contributed by atoms with E-state index in [2.05, 4.69) is 9.97 Å². The van der Waals surface area contributed by atoms with Crippen LogP contribution in [0.2, 0.25) is 0 Å². The topological polar surface area (TPSA) is 28.7 Å². The van der Waals surface area contributed by atoms with Gasteiger partial charge in [-0.15, -0.1) is 11.6 Å². The minimum atomic E-state index is 0.254. The van der Waals surface area contributed by atoms with Gasteiger partial charge in [-0.3, -0.25) is 0 Å². The summed E-state index contributed by atoms with van der Waals surface area (Å²) in [7, 11) is 0. The number of nitrogens with one attached hydrogen (secondary N) is 1. The third-order valence-electron chi connectivity index (χ3n) is 3.60. The van der Waals surface area contributed by atoms with E-state index in [0.29, 0.717) is 5.92 Å². The third-order valence-corrected chi connectivity index (χ3v) is 4.12. The summed E-state index contributed by atoms with van der Waals surface area (Å²) >= 11 is 6.52. The maximum atomic E-state index is 6.52. The molecular formula is C13H21ClN2. The van der Waals surface area contributed by atoms with Crippen molar-refractivity contribution in [1.29, 1.82) is 0 Å². The number of hydrogen-bond acceptors (Lipinski definition) is 1. The lowest BCUT2D eigenvalue weighted by molar-refractivity contribution is 0.362. The lowest BCUT2D eigenvalue weighted by Crippen LogP contribution is -2.19. The van der Waals surface area contributed by atoms with E-state index in [1.54, 1.807) is 6.20 Å². The average molecular weight is 241 g/mol. The second kappa shape index (κ2) is 6.29. The van der Waals surface area contributed by atoms with Crippen molar-refractivity contribution in [3.63, 3.8) is 0 Å². The highest BCUT2D eigenvalue weighted by atomic mass is 35.5. The Labute approximate surface area is 103 Å². The largest absolute Gasteiger partial charge is 0.349 e. The Morgan fingerprint density at radius 2 is 1.94 bits per heavy atom. The summed E-state index contributed by atoms with van der Waals surface area (Å²) in [5.74, 6) is 1.72. The van der Waals surface area contributed by atoms with Crippen molar-refractivity contribution in [2.75, 3.05) is 0 Å². The minimum absolute atomic E-state index is 0.254. The summed E-state index contributed by atoms with van der Waals surface area (Å²) in [6.45, 7) is 0. The molecule has 1 aromatic rings. The van der Waals surface area contributed by atoms with Crippen LogP contribution in [0, 0.1) is 5.92 Å². The SMILES string of the molecule is ClC(Cc1ncc[nH]1)C1CCCCCCC1. The minimum Gasteiger partial charge on any atom is -0.349 e. The van der Waals surface area contributed by atoms with Crippen molar-refractivity contribution >= 4 is 11.6 Å². The third kappa shape index (κ3) is 3.51. The number of H-pyrrole nitrogens is 1. The van der Waals surface area contributed by atoms with E-state index in [-0.39, 0.29) is 5.38 Å². The van der Waals surface area contributed by atoms with Crippen LogP contribution in [0.3, 0.4) is 0 Å². The van der Waals surface area contributed by atoms with Gasteiger partial charge in [-0.05, 0) is 18.8 Å². The summed E-state index contributed by atoms with van der Waals surface area (Å²) in [6.07, 6.45) is 14.1. The molecule has 1 unspecified atom stereocenters. The van der Waals surface area contributed by atoms with Crippen LogP contribution in [0.5, 0.6) is 0 Å². The molecule has 0 aliphatic heterocycles. The monoisotopic (exact) mass is 240 g/mol. The summed E-state index contributed by atoms with van der Waals surface area (Å²) in [5.41, 5.74) is 0. The zero-order valence-corrected chi connectivity index (χ0v) is 10.5. The average Bonchev–Trinajstić information content (AvgIpc) is 2.69. The highest BCUT2D eigenvalue weighted by molar-refractivity contribution is 6.20. The van der Waals surface area contributed by atoms with E-state index in [9.17, 15) is 0 Å². The molecule has 2 rings (SSSR count). The molecule has 0 bridgehead atoms. The Bertz CT molecular complexity index is 276. The Morgan fingerprint density at radius 3 is 2.56 bits per heavy atom. The molecule has 1 aliphatic carbocycles. The van der Waals surface area contributed by atoms with E-state index in [4.69, 9.17) is 11.6 Å². The van der Waals surface area contributed by atoms with E-state index >= 15 is 0 Å². The van der Waals surface area contributed by atoms with Crippen molar-refractivity contribution in [3.05, 3.63) is 18.2 Å². The summed E-state index contributed by atoms with van der Waals surface area (Å²) in [5, 5.41) is 0.254. The summed E-state index contributed by atoms with van der Waals surface area (Å²) in [4.78, 5) is 7.39. The van der Waals surface area contributed by atoms with Crippen LogP contribution < -0.4 is 0 Å². The van der Waals surface area contributed by atoms with Crippen LogP contribution in [0.15, 0.2) is 12.4 Å². The van der Waals surface area contributed by atoms with E-state index in [1.165, 1.54) is 44.9 Å². The Hall–Kier alpha value is -0.500. The Kier molecular flexibility index (Phi) is 4.70. The molecule has 1 saturated carbocycles. The zero-order chi connectivity index (χ0) is 11.2. The van der Waals surface area contributed by atoms with Gasteiger partial charge < -0.3 is 4.98 Å². The van der Waals surface area contributed by atoms with Gasteiger partial charge in [0.25, 0.3) is 0 Å². The molecule has 1 atom stereocenters. The quantitative estimate of drug-likeness (QED) is 0.798. The molecule has 0 aromatic carbocycles. The molecule has 1 aromatic heterocycles. The van der Waals surface area contributed by atoms with Gasteiger partial charge in [0.1, 0.15) is 5.82 Å². The van der Waals surface area contributed by atoms with Gasteiger partial charge in [0.15, 0.2) is 0 Å². The predicted octanol–water partition coefficient (Wildman–Crippen LogP) is 3.92. The Balaban J connectivity index is 1.84. The van der Waals surface area contributed by atoms with Crippen molar-refractivity contribution in [3.8, 4) is 0 Å². The molecule has 1 N–H and O–H groups in total. The molecule has 0 amide bonds. The van der Waals surface area contributed by atoms with Crippen LogP contribution in [0.1, 0.15) is 50.8 Å². The number of nitrogens with zero attached hydrogens (tertiary/aromatic N) is 1. The van der Waals surface area contributed by atoms with Gasteiger partial charge in [-0.25, -0.2) is 4.98 Å². The maximum Gasteiger partial charge on any atom is 0.107 e. The molecule has 3 heteroatoms. The molecule has 90 valence electrons. The number of hydrogen-bond donors (Lipinski definition) is 1. The van der Waals surface area contributed by atoms with E-state index in [0.717, 1.165) is 12.2 Å². The van der Waals surface area contributed by atoms with Crippen molar-refractivity contribution in [1.82, 2.24) is 9.97 Å². The van der Waals surface area contributed by atoms with E-state index < -0.39 is 0 Å². The molecule has 0 radical (unpaired) electrons. The fourth-order valence-corrected chi connectivity index (χ4v) is 3.01. The van der Waals surface area contributed by atoms with Crippen molar-refractivity contribution in [2.24, 2.45) is 5.92 Å². The van der Waals surface area contributed by atoms with Gasteiger partial charge in [0.05, 0.1) is 0 Å². The first-order valence-electron chi connectivity index (χ1n) is 6.48. The number of alkyl halides is 1.